The van der Waals surface area contributed by atoms with E-state index in [1.807, 2.05) is 6.07 Å². The van der Waals surface area contributed by atoms with E-state index in [1.165, 1.54) is 5.69 Å². The molecule has 0 spiro atoms. The van der Waals surface area contributed by atoms with E-state index in [1.54, 1.807) is 7.11 Å². The molecule has 1 N–H and O–H groups in total. The van der Waals surface area contributed by atoms with E-state index < -0.39 is 0 Å². The van der Waals surface area contributed by atoms with E-state index in [0.717, 1.165) is 37.3 Å². The molecular formula is C12H15N3O2. The lowest BCUT2D eigenvalue weighted by Crippen LogP contribution is -2.36. The van der Waals surface area contributed by atoms with Crippen molar-refractivity contribution in [1.29, 1.82) is 0 Å². The molecule has 5 nitrogen and oxygen atoms in total. The maximum atomic E-state index is 5.35. The van der Waals surface area contributed by atoms with Gasteiger partial charge in [0.1, 0.15) is 0 Å². The summed E-state index contributed by atoms with van der Waals surface area (Å²) in [5.74, 6) is 0. The van der Waals surface area contributed by atoms with Crippen LogP contribution in [-0.2, 0) is 4.74 Å². The van der Waals surface area contributed by atoms with Crippen molar-refractivity contribution < 1.29 is 9.47 Å². The number of aromatic amines is 1. The Balaban J connectivity index is 1.94. The van der Waals surface area contributed by atoms with Crippen molar-refractivity contribution >= 4 is 16.7 Å². The second kappa shape index (κ2) is 4.25. The van der Waals surface area contributed by atoms with Gasteiger partial charge in [0.05, 0.1) is 31.4 Å². The summed E-state index contributed by atoms with van der Waals surface area (Å²) >= 11 is 0. The smallest absolute Gasteiger partial charge is 0.294 e. The number of nitrogens with one attached hydrogen (secondary N) is 1. The van der Waals surface area contributed by atoms with E-state index in [0.29, 0.717) is 6.01 Å². The molecule has 0 radical (unpaired) electrons. The summed E-state index contributed by atoms with van der Waals surface area (Å²) in [4.78, 5) is 9.75. The predicted molar refractivity (Wildman–Crippen MR) is 65.7 cm³/mol. The SMILES string of the molecule is COc1nc2ccc(N3CCOCC3)cc2[nH]1. The maximum Gasteiger partial charge on any atom is 0.294 e. The summed E-state index contributed by atoms with van der Waals surface area (Å²) in [5, 5.41) is 0. The van der Waals surface area contributed by atoms with Crippen LogP contribution in [0.4, 0.5) is 5.69 Å². The number of fused-ring (bicyclic) bond motifs is 1. The molecule has 0 unspecified atom stereocenters. The zero-order chi connectivity index (χ0) is 11.7. The lowest BCUT2D eigenvalue weighted by molar-refractivity contribution is 0.122. The molecule has 0 saturated carbocycles. The molecule has 2 aromatic rings. The third kappa shape index (κ3) is 1.93. The molecule has 1 aromatic carbocycles. The van der Waals surface area contributed by atoms with Gasteiger partial charge in [-0.15, -0.1) is 0 Å². The number of morpholine rings is 1. The van der Waals surface area contributed by atoms with Crippen molar-refractivity contribution in [3.05, 3.63) is 18.2 Å². The van der Waals surface area contributed by atoms with E-state index in [9.17, 15) is 0 Å². The van der Waals surface area contributed by atoms with Crippen LogP contribution in [0.15, 0.2) is 18.2 Å². The number of methoxy groups -OCH3 is 1. The van der Waals surface area contributed by atoms with Crippen molar-refractivity contribution in [2.24, 2.45) is 0 Å². The minimum Gasteiger partial charge on any atom is -0.468 e. The van der Waals surface area contributed by atoms with Gasteiger partial charge in [-0.25, -0.2) is 0 Å². The number of hydrogen-bond acceptors (Lipinski definition) is 4. The molecule has 5 heteroatoms. The third-order valence-corrected chi connectivity index (χ3v) is 3.01. The van der Waals surface area contributed by atoms with Gasteiger partial charge in [-0.1, -0.05) is 0 Å². The van der Waals surface area contributed by atoms with E-state index in [-0.39, 0.29) is 0 Å². The Morgan fingerprint density at radius 1 is 1.35 bits per heavy atom. The van der Waals surface area contributed by atoms with Crippen LogP contribution in [0.25, 0.3) is 11.0 Å². The summed E-state index contributed by atoms with van der Waals surface area (Å²) in [6.45, 7) is 3.47. The van der Waals surface area contributed by atoms with Crippen LogP contribution in [0.2, 0.25) is 0 Å². The van der Waals surface area contributed by atoms with Crippen molar-refractivity contribution in [3.8, 4) is 6.01 Å². The Bertz CT molecular complexity index is 517. The Morgan fingerprint density at radius 3 is 2.94 bits per heavy atom. The fourth-order valence-electron chi connectivity index (χ4n) is 2.09. The van der Waals surface area contributed by atoms with Crippen LogP contribution in [0, 0.1) is 0 Å². The van der Waals surface area contributed by atoms with E-state index in [2.05, 4.69) is 27.0 Å². The molecule has 1 aromatic heterocycles. The molecular weight excluding hydrogens is 218 g/mol. The number of anilines is 1. The predicted octanol–water partition coefficient (Wildman–Crippen LogP) is 1.41. The fourth-order valence-corrected chi connectivity index (χ4v) is 2.09. The maximum absolute atomic E-state index is 5.35. The van der Waals surface area contributed by atoms with Gasteiger partial charge in [-0.05, 0) is 18.2 Å². The van der Waals surface area contributed by atoms with Crippen molar-refractivity contribution in [1.82, 2.24) is 9.97 Å². The summed E-state index contributed by atoms with van der Waals surface area (Å²) in [7, 11) is 1.61. The number of ether oxygens (including phenoxy) is 2. The van der Waals surface area contributed by atoms with Crippen LogP contribution in [0.3, 0.4) is 0 Å². The van der Waals surface area contributed by atoms with Crippen LogP contribution >= 0.6 is 0 Å². The van der Waals surface area contributed by atoms with Crippen LogP contribution in [-0.4, -0.2) is 43.4 Å². The number of H-pyrrole nitrogens is 1. The molecule has 1 aliphatic heterocycles. The highest BCUT2D eigenvalue weighted by atomic mass is 16.5. The first kappa shape index (κ1) is 10.4. The van der Waals surface area contributed by atoms with Gasteiger partial charge in [0.15, 0.2) is 0 Å². The quantitative estimate of drug-likeness (QED) is 0.852. The Kier molecular flexibility index (Phi) is 2.60. The second-order valence-electron chi connectivity index (χ2n) is 4.05. The number of imidazole rings is 1. The fraction of sp³-hybridized carbons (Fsp3) is 0.417. The molecule has 1 fully saturated rings. The summed E-state index contributed by atoms with van der Waals surface area (Å²) in [6.07, 6.45) is 0. The molecule has 1 saturated heterocycles. The highest BCUT2D eigenvalue weighted by molar-refractivity contribution is 5.80. The van der Waals surface area contributed by atoms with Crippen LogP contribution in [0.1, 0.15) is 0 Å². The van der Waals surface area contributed by atoms with Gasteiger partial charge in [0, 0.05) is 18.8 Å². The van der Waals surface area contributed by atoms with Crippen LogP contribution < -0.4 is 9.64 Å². The molecule has 0 amide bonds. The minimum atomic E-state index is 0.555. The number of benzene rings is 1. The lowest BCUT2D eigenvalue weighted by Gasteiger charge is -2.28. The van der Waals surface area contributed by atoms with Gasteiger partial charge in [0.2, 0.25) is 0 Å². The molecule has 3 rings (SSSR count). The molecule has 0 aliphatic carbocycles. The standard InChI is InChI=1S/C12H15N3O2/c1-16-12-13-10-3-2-9(8-11(10)14-12)15-4-6-17-7-5-15/h2-3,8H,4-7H2,1H3,(H,13,14). The largest absolute Gasteiger partial charge is 0.468 e. The highest BCUT2D eigenvalue weighted by Crippen LogP contribution is 2.23. The van der Waals surface area contributed by atoms with Crippen molar-refractivity contribution in [3.63, 3.8) is 0 Å². The van der Waals surface area contributed by atoms with E-state index >= 15 is 0 Å². The van der Waals surface area contributed by atoms with Gasteiger partial charge in [-0.3, -0.25) is 0 Å². The number of rotatable bonds is 2. The molecule has 1 aliphatic rings. The average molecular weight is 233 g/mol. The summed E-state index contributed by atoms with van der Waals surface area (Å²) in [6, 6.07) is 6.77. The summed E-state index contributed by atoms with van der Waals surface area (Å²) < 4.78 is 10.4. The Hall–Kier alpha value is -1.75. The normalized spacial score (nSPS) is 16.4. The third-order valence-electron chi connectivity index (χ3n) is 3.01. The number of aromatic nitrogens is 2. The second-order valence-corrected chi connectivity index (χ2v) is 4.05. The van der Waals surface area contributed by atoms with Gasteiger partial charge >= 0.3 is 0 Å². The zero-order valence-electron chi connectivity index (χ0n) is 9.77. The monoisotopic (exact) mass is 233 g/mol. The van der Waals surface area contributed by atoms with Gasteiger partial charge < -0.3 is 19.4 Å². The van der Waals surface area contributed by atoms with Crippen molar-refractivity contribution in [2.45, 2.75) is 0 Å². The molecule has 2 heterocycles. The molecule has 0 bridgehead atoms. The summed E-state index contributed by atoms with van der Waals surface area (Å²) in [5.41, 5.74) is 3.14. The first-order valence-corrected chi connectivity index (χ1v) is 5.73. The minimum absolute atomic E-state index is 0.555. The lowest BCUT2D eigenvalue weighted by atomic mass is 10.2. The van der Waals surface area contributed by atoms with Gasteiger partial charge in [0.25, 0.3) is 6.01 Å². The average Bonchev–Trinajstić information content (AvgIpc) is 2.81. The first-order chi connectivity index (χ1) is 8.36. The van der Waals surface area contributed by atoms with E-state index in [4.69, 9.17) is 9.47 Å². The zero-order valence-corrected chi connectivity index (χ0v) is 9.77. The van der Waals surface area contributed by atoms with Gasteiger partial charge in [-0.2, -0.15) is 4.98 Å². The highest BCUT2D eigenvalue weighted by Gasteiger charge is 2.12. The number of nitrogens with zero attached hydrogens (tertiary/aromatic N) is 2. The molecule has 0 atom stereocenters. The molecule has 17 heavy (non-hydrogen) atoms. The Morgan fingerprint density at radius 2 is 2.18 bits per heavy atom. The topological polar surface area (TPSA) is 50.4 Å². The van der Waals surface area contributed by atoms with Crippen LogP contribution in [0.5, 0.6) is 6.01 Å². The van der Waals surface area contributed by atoms with Crippen molar-refractivity contribution in [2.75, 3.05) is 38.3 Å². The number of hydrogen-bond donors (Lipinski definition) is 1. The first-order valence-electron chi connectivity index (χ1n) is 5.73. The molecule has 90 valence electrons. The Labute approximate surface area is 99.3 Å².